The average Bonchev–Trinajstić information content (AvgIpc) is 3.53. The lowest BCUT2D eigenvalue weighted by molar-refractivity contribution is 0.669. The first kappa shape index (κ1) is 28.3. The highest BCUT2D eigenvalue weighted by molar-refractivity contribution is 6.15. The maximum Gasteiger partial charge on any atom is 0.167 e. The lowest BCUT2D eigenvalue weighted by Crippen LogP contribution is -2.00. The number of aliphatic imine (C=N–C) groups is 1. The molecule has 0 saturated carbocycles. The summed E-state index contributed by atoms with van der Waals surface area (Å²) in [5, 5.41) is 2.07. The van der Waals surface area contributed by atoms with Gasteiger partial charge in [0, 0.05) is 27.6 Å². The number of nitrogens with zero attached hydrogens (tertiary/aromatic N) is 4. The summed E-state index contributed by atoms with van der Waals surface area (Å²) in [4.78, 5) is 19.8. The molecule has 5 heteroatoms. The largest absolute Gasteiger partial charge is 0.455 e. The molecule has 0 spiro atoms. The zero-order chi connectivity index (χ0) is 31.7. The van der Waals surface area contributed by atoms with Crippen molar-refractivity contribution in [3.05, 3.63) is 157 Å². The standard InChI is InChI=1S/C42H30N4O/c1-27-26-32(24-25-36(27)43-28(2)29-14-6-3-7-15-29)33-20-13-23-37-38(33)34-21-12-22-35(39(34)47-37)42-45-40(30-16-8-4-9-17-30)44-41(46-42)31-18-10-5-11-19-31/h3-26H,1-2H3. The van der Waals surface area contributed by atoms with Gasteiger partial charge in [0.15, 0.2) is 17.5 Å². The van der Waals surface area contributed by atoms with Crippen molar-refractivity contribution in [1.82, 2.24) is 15.0 Å². The van der Waals surface area contributed by atoms with Crippen LogP contribution in [0.25, 0.3) is 67.2 Å². The van der Waals surface area contributed by atoms with Gasteiger partial charge >= 0.3 is 0 Å². The third-order valence-corrected chi connectivity index (χ3v) is 8.45. The van der Waals surface area contributed by atoms with E-state index in [1.54, 1.807) is 0 Å². The average molecular weight is 607 g/mol. The summed E-state index contributed by atoms with van der Waals surface area (Å²) < 4.78 is 6.62. The van der Waals surface area contributed by atoms with Gasteiger partial charge in [-0.05, 0) is 60.4 Å². The molecule has 224 valence electrons. The van der Waals surface area contributed by atoms with E-state index in [4.69, 9.17) is 24.4 Å². The van der Waals surface area contributed by atoms with E-state index in [1.807, 2.05) is 103 Å². The topological polar surface area (TPSA) is 64.2 Å². The quantitative estimate of drug-likeness (QED) is 0.177. The summed E-state index contributed by atoms with van der Waals surface area (Å²) in [6.45, 7) is 4.17. The molecule has 0 fully saturated rings. The van der Waals surface area contributed by atoms with Crippen molar-refractivity contribution in [2.24, 2.45) is 4.99 Å². The molecule has 0 unspecified atom stereocenters. The smallest absolute Gasteiger partial charge is 0.167 e. The van der Waals surface area contributed by atoms with Crippen LogP contribution in [0.5, 0.6) is 0 Å². The molecular formula is C42H30N4O. The van der Waals surface area contributed by atoms with Crippen LogP contribution in [0, 0.1) is 6.92 Å². The SMILES string of the molecule is CC(=Nc1ccc(-c2cccc3oc4c(-c5nc(-c6ccccc6)nc(-c6ccccc6)n5)cccc4c23)cc1C)c1ccccc1. The fraction of sp³-hybridized carbons (Fsp3) is 0.0476. The normalized spacial score (nSPS) is 11.7. The fourth-order valence-corrected chi connectivity index (χ4v) is 6.07. The van der Waals surface area contributed by atoms with Gasteiger partial charge in [-0.1, -0.05) is 121 Å². The molecule has 6 aromatic carbocycles. The Labute approximate surface area is 273 Å². The second-order valence-corrected chi connectivity index (χ2v) is 11.6. The van der Waals surface area contributed by atoms with Crippen LogP contribution in [-0.2, 0) is 0 Å². The first-order chi connectivity index (χ1) is 23.1. The minimum atomic E-state index is 0.566. The molecule has 0 aliphatic heterocycles. The first-order valence-electron chi connectivity index (χ1n) is 15.7. The number of furan rings is 1. The number of benzene rings is 6. The number of aromatic nitrogens is 3. The maximum absolute atomic E-state index is 6.62. The van der Waals surface area contributed by atoms with Crippen LogP contribution < -0.4 is 0 Å². The van der Waals surface area contributed by atoms with E-state index < -0.39 is 0 Å². The molecule has 8 aromatic rings. The van der Waals surface area contributed by atoms with Crippen LogP contribution in [-0.4, -0.2) is 20.7 Å². The van der Waals surface area contributed by atoms with E-state index in [9.17, 15) is 0 Å². The van der Waals surface area contributed by atoms with Gasteiger partial charge in [-0.25, -0.2) is 15.0 Å². The molecule has 8 rings (SSSR count). The van der Waals surface area contributed by atoms with E-state index in [2.05, 4.69) is 56.3 Å². The number of aryl methyl sites for hydroxylation is 1. The van der Waals surface area contributed by atoms with Crippen LogP contribution in [0.4, 0.5) is 5.69 Å². The molecule has 2 heterocycles. The van der Waals surface area contributed by atoms with E-state index >= 15 is 0 Å². The van der Waals surface area contributed by atoms with Crippen molar-refractivity contribution >= 4 is 33.3 Å². The summed E-state index contributed by atoms with van der Waals surface area (Å²) in [7, 11) is 0. The second kappa shape index (κ2) is 12.0. The molecule has 0 aliphatic carbocycles. The monoisotopic (exact) mass is 606 g/mol. The van der Waals surface area contributed by atoms with Crippen molar-refractivity contribution < 1.29 is 4.42 Å². The van der Waals surface area contributed by atoms with Gasteiger partial charge in [-0.15, -0.1) is 0 Å². The summed E-state index contributed by atoms with van der Waals surface area (Å²) in [5.74, 6) is 1.80. The summed E-state index contributed by atoms with van der Waals surface area (Å²) in [6.07, 6.45) is 0. The highest BCUT2D eigenvalue weighted by Gasteiger charge is 2.19. The Hall–Kier alpha value is -6.20. The van der Waals surface area contributed by atoms with Gasteiger partial charge in [0.2, 0.25) is 0 Å². The fourth-order valence-electron chi connectivity index (χ4n) is 6.07. The Balaban J connectivity index is 1.26. The molecule has 0 aliphatic rings. The molecule has 5 nitrogen and oxygen atoms in total. The highest BCUT2D eigenvalue weighted by Crippen LogP contribution is 2.41. The van der Waals surface area contributed by atoms with Gasteiger partial charge in [0.25, 0.3) is 0 Å². The van der Waals surface area contributed by atoms with Crippen LogP contribution in [0.3, 0.4) is 0 Å². The predicted octanol–water partition coefficient (Wildman–Crippen LogP) is 10.9. The van der Waals surface area contributed by atoms with Crippen molar-refractivity contribution in [3.8, 4) is 45.3 Å². The Bertz CT molecular complexity index is 2360. The van der Waals surface area contributed by atoms with Crippen LogP contribution in [0.2, 0.25) is 0 Å². The Morgan fingerprint density at radius 2 is 1.15 bits per heavy atom. The van der Waals surface area contributed by atoms with E-state index in [0.717, 1.165) is 72.3 Å². The molecule has 2 aromatic heterocycles. The minimum Gasteiger partial charge on any atom is -0.455 e. The van der Waals surface area contributed by atoms with E-state index in [1.165, 1.54) is 0 Å². The van der Waals surface area contributed by atoms with E-state index in [0.29, 0.717) is 17.5 Å². The maximum atomic E-state index is 6.62. The van der Waals surface area contributed by atoms with Crippen molar-refractivity contribution in [3.63, 3.8) is 0 Å². The predicted molar refractivity (Wildman–Crippen MR) is 192 cm³/mol. The van der Waals surface area contributed by atoms with Crippen LogP contribution >= 0.6 is 0 Å². The Morgan fingerprint density at radius 3 is 1.81 bits per heavy atom. The number of para-hydroxylation sites is 1. The minimum absolute atomic E-state index is 0.566. The molecule has 47 heavy (non-hydrogen) atoms. The zero-order valence-electron chi connectivity index (χ0n) is 26.1. The first-order valence-corrected chi connectivity index (χ1v) is 15.7. The second-order valence-electron chi connectivity index (χ2n) is 11.6. The highest BCUT2D eigenvalue weighted by atomic mass is 16.3. The van der Waals surface area contributed by atoms with Gasteiger partial charge in [-0.2, -0.15) is 0 Å². The molecule has 0 N–H and O–H groups in total. The summed E-state index contributed by atoms with van der Waals surface area (Å²) >= 11 is 0. The lowest BCUT2D eigenvalue weighted by Gasteiger charge is -2.09. The van der Waals surface area contributed by atoms with Crippen LogP contribution in [0.1, 0.15) is 18.1 Å². The Kier molecular flexibility index (Phi) is 7.19. The van der Waals surface area contributed by atoms with Crippen LogP contribution in [0.15, 0.2) is 155 Å². The lowest BCUT2D eigenvalue weighted by atomic mass is 9.97. The molecular weight excluding hydrogens is 576 g/mol. The summed E-state index contributed by atoms with van der Waals surface area (Å²) in [6, 6.07) is 49.2. The third-order valence-electron chi connectivity index (χ3n) is 8.45. The zero-order valence-corrected chi connectivity index (χ0v) is 26.1. The number of hydrogen-bond donors (Lipinski definition) is 0. The molecule has 0 saturated heterocycles. The Morgan fingerprint density at radius 1 is 0.553 bits per heavy atom. The molecule has 0 radical (unpaired) electrons. The van der Waals surface area contributed by atoms with Gasteiger partial charge in [0.1, 0.15) is 11.2 Å². The summed E-state index contributed by atoms with van der Waals surface area (Å²) in [5.41, 5.74) is 10.6. The number of fused-ring (bicyclic) bond motifs is 3. The van der Waals surface area contributed by atoms with Gasteiger partial charge in [-0.3, -0.25) is 4.99 Å². The van der Waals surface area contributed by atoms with Gasteiger partial charge < -0.3 is 4.42 Å². The van der Waals surface area contributed by atoms with Gasteiger partial charge in [0.05, 0.1) is 11.3 Å². The molecule has 0 atom stereocenters. The van der Waals surface area contributed by atoms with Crippen molar-refractivity contribution in [2.45, 2.75) is 13.8 Å². The third kappa shape index (κ3) is 5.38. The van der Waals surface area contributed by atoms with Crippen molar-refractivity contribution in [1.29, 1.82) is 0 Å². The number of rotatable bonds is 6. The number of hydrogen-bond acceptors (Lipinski definition) is 5. The van der Waals surface area contributed by atoms with Crippen molar-refractivity contribution in [2.75, 3.05) is 0 Å². The molecule has 0 amide bonds. The van der Waals surface area contributed by atoms with E-state index in [-0.39, 0.29) is 0 Å². The molecule has 0 bridgehead atoms.